The minimum Gasteiger partial charge on any atom is -0.505 e. The van der Waals surface area contributed by atoms with Crippen molar-refractivity contribution in [3.05, 3.63) is 6.33 Å². The zero-order valence-electron chi connectivity index (χ0n) is 9.96. The summed E-state index contributed by atoms with van der Waals surface area (Å²) in [5, 5.41) is 38.2. The van der Waals surface area contributed by atoms with E-state index in [0.29, 0.717) is 32.3 Å². The van der Waals surface area contributed by atoms with Gasteiger partial charge >= 0.3 is 0 Å². The Bertz CT molecular complexity index is 525. The highest BCUT2D eigenvalue weighted by Gasteiger charge is 2.21. The number of aromatic nitrogens is 2. The summed E-state index contributed by atoms with van der Waals surface area (Å²) in [7, 11) is 0. The van der Waals surface area contributed by atoms with Gasteiger partial charge in [-0.2, -0.15) is 0 Å². The van der Waals surface area contributed by atoms with Crippen molar-refractivity contribution in [1.82, 2.24) is 9.97 Å². The number of phenolic OH excluding ortho intramolecular Hbond substituents is 2. The molecule has 6 nitrogen and oxygen atoms in total. The smallest absolute Gasteiger partial charge is 0.158 e. The number of fused-ring (bicyclic) bond motifs is 1. The summed E-state index contributed by atoms with van der Waals surface area (Å²) < 4.78 is 0. The number of thioether (sulfide) groups is 2. The van der Waals surface area contributed by atoms with Crippen molar-refractivity contribution in [2.24, 2.45) is 0 Å². The number of benzene rings is 1. The SMILES string of the molecule is OCCSc1c(SCCO)c(O)c2[nH]cnc2c1O. The lowest BCUT2D eigenvalue weighted by Gasteiger charge is -2.12. The maximum Gasteiger partial charge on any atom is 0.158 e. The van der Waals surface area contributed by atoms with Gasteiger partial charge in [0.25, 0.3) is 0 Å². The number of phenols is 2. The molecule has 0 spiro atoms. The Hall–Kier alpha value is -1.09. The van der Waals surface area contributed by atoms with E-state index >= 15 is 0 Å². The van der Waals surface area contributed by atoms with Gasteiger partial charge in [0.05, 0.1) is 29.3 Å². The summed E-state index contributed by atoms with van der Waals surface area (Å²) in [4.78, 5) is 7.71. The van der Waals surface area contributed by atoms with Crippen molar-refractivity contribution in [2.75, 3.05) is 24.7 Å². The normalized spacial score (nSPS) is 11.3. The maximum atomic E-state index is 10.2. The standard InChI is InChI=1S/C11H14N2O4S2/c14-1-3-18-10-8(16)6-7(13-5-12-6)9(17)11(10)19-4-2-15/h5,14-17H,1-4H2,(H,12,13). The molecule has 5 N–H and O–H groups in total. The second kappa shape index (κ2) is 6.38. The molecule has 104 valence electrons. The van der Waals surface area contributed by atoms with Gasteiger partial charge < -0.3 is 25.4 Å². The van der Waals surface area contributed by atoms with E-state index in [1.807, 2.05) is 0 Å². The van der Waals surface area contributed by atoms with Gasteiger partial charge in [-0.15, -0.1) is 23.5 Å². The summed E-state index contributed by atoms with van der Waals surface area (Å²) in [5.74, 6) is 0.784. The van der Waals surface area contributed by atoms with Crippen LogP contribution in [0.2, 0.25) is 0 Å². The number of aromatic hydroxyl groups is 2. The number of nitrogens with zero attached hydrogens (tertiary/aromatic N) is 1. The highest BCUT2D eigenvalue weighted by molar-refractivity contribution is 8.02. The Morgan fingerprint density at radius 3 is 2.16 bits per heavy atom. The molecule has 1 aromatic carbocycles. The first-order valence-electron chi connectivity index (χ1n) is 5.59. The molecule has 0 bridgehead atoms. The van der Waals surface area contributed by atoms with Crippen LogP contribution in [0, 0.1) is 0 Å². The van der Waals surface area contributed by atoms with E-state index in [1.54, 1.807) is 0 Å². The third kappa shape index (κ3) is 2.76. The van der Waals surface area contributed by atoms with E-state index in [0.717, 1.165) is 0 Å². The van der Waals surface area contributed by atoms with E-state index in [9.17, 15) is 10.2 Å². The molecule has 0 atom stereocenters. The second-order valence-corrected chi connectivity index (χ2v) is 5.84. The van der Waals surface area contributed by atoms with E-state index in [4.69, 9.17) is 10.2 Å². The molecular formula is C11H14N2O4S2. The van der Waals surface area contributed by atoms with Gasteiger partial charge in [0.1, 0.15) is 11.0 Å². The van der Waals surface area contributed by atoms with E-state index in [1.165, 1.54) is 29.9 Å². The number of aromatic amines is 1. The molecule has 1 heterocycles. The number of rotatable bonds is 6. The highest BCUT2D eigenvalue weighted by Crippen LogP contribution is 2.47. The minimum atomic E-state index is -0.0341. The van der Waals surface area contributed by atoms with Crippen LogP contribution in [-0.2, 0) is 0 Å². The van der Waals surface area contributed by atoms with Gasteiger partial charge in [-0.3, -0.25) is 0 Å². The maximum absolute atomic E-state index is 10.2. The molecule has 0 unspecified atom stereocenters. The predicted molar refractivity (Wildman–Crippen MR) is 75.0 cm³/mol. The molecule has 19 heavy (non-hydrogen) atoms. The zero-order valence-corrected chi connectivity index (χ0v) is 11.6. The van der Waals surface area contributed by atoms with Crippen LogP contribution in [0.5, 0.6) is 11.5 Å². The summed E-state index contributed by atoms with van der Waals surface area (Å²) >= 11 is 2.49. The number of aliphatic hydroxyl groups excluding tert-OH is 2. The average molecular weight is 302 g/mol. The summed E-state index contributed by atoms with van der Waals surface area (Å²) in [5.41, 5.74) is 0.664. The van der Waals surface area contributed by atoms with Crippen LogP contribution in [0.15, 0.2) is 16.1 Å². The van der Waals surface area contributed by atoms with E-state index < -0.39 is 0 Å². The first kappa shape index (κ1) is 14.3. The van der Waals surface area contributed by atoms with Crippen LogP contribution in [-0.4, -0.2) is 55.1 Å². The topological polar surface area (TPSA) is 110 Å². The molecule has 0 aliphatic heterocycles. The molecule has 0 aliphatic rings. The fourth-order valence-corrected chi connectivity index (χ4v) is 3.53. The molecule has 0 saturated carbocycles. The zero-order chi connectivity index (χ0) is 13.8. The van der Waals surface area contributed by atoms with Crippen LogP contribution in [0.3, 0.4) is 0 Å². The Labute approximate surface area is 117 Å². The van der Waals surface area contributed by atoms with Crippen molar-refractivity contribution in [1.29, 1.82) is 0 Å². The third-order valence-corrected chi connectivity index (χ3v) is 4.69. The first-order valence-corrected chi connectivity index (χ1v) is 7.56. The highest BCUT2D eigenvalue weighted by atomic mass is 32.2. The van der Waals surface area contributed by atoms with Crippen molar-refractivity contribution >= 4 is 34.6 Å². The Balaban J connectivity index is 2.55. The van der Waals surface area contributed by atoms with Crippen molar-refractivity contribution < 1.29 is 20.4 Å². The molecule has 2 aromatic rings. The number of imidazole rings is 1. The van der Waals surface area contributed by atoms with E-state index in [2.05, 4.69) is 9.97 Å². The lowest BCUT2D eigenvalue weighted by atomic mass is 10.2. The lowest BCUT2D eigenvalue weighted by Crippen LogP contribution is -1.92. The molecule has 8 heteroatoms. The van der Waals surface area contributed by atoms with Crippen LogP contribution >= 0.6 is 23.5 Å². The lowest BCUT2D eigenvalue weighted by molar-refractivity contribution is 0.322. The summed E-state index contributed by atoms with van der Waals surface area (Å²) in [6.07, 6.45) is 1.39. The molecular weight excluding hydrogens is 288 g/mol. The summed E-state index contributed by atoms with van der Waals surface area (Å²) in [6, 6.07) is 0. The van der Waals surface area contributed by atoms with Crippen molar-refractivity contribution in [3.8, 4) is 11.5 Å². The Morgan fingerprint density at radius 1 is 1.00 bits per heavy atom. The largest absolute Gasteiger partial charge is 0.505 e. The number of hydrogen-bond acceptors (Lipinski definition) is 7. The number of nitrogens with one attached hydrogen (secondary N) is 1. The fraction of sp³-hybridized carbons (Fsp3) is 0.364. The molecule has 0 saturated heterocycles. The van der Waals surface area contributed by atoms with Crippen molar-refractivity contribution in [3.63, 3.8) is 0 Å². The molecule has 2 rings (SSSR count). The second-order valence-electron chi connectivity index (χ2n) is 3.63. The Kier molecular flexibility index (Phi) is 4.81. The van der Waals surface area contributed by atoms with Crippen LogP contribution in [0.1, 0.15) is 0 Å². The number of H-pyrrole nitrogens is 1. The Morgan fingerprint density at radius 2 is 1.58 bits per heavy atom. The fourth-order valence-electron chi connectivity index (χ4n) is 1.65. The number of hydrogen-bond donors (Lipinski definition) is 5. The first-order chi connectivity index (χ1) is 9.20. The van der Waals surface area contributed by atoms with E-state index in [-0.39, 0.29) is 24.7 Å². The van der Waals surface area contributed by atoms with Crippen LogP contribution in [0.4, 0.5) is 0 Å². The molecule has 0 radical (unpaired) electrons. The van der Waals surface area contributed by atoms with Crippen molar-refractivity contribution in [2.45, 2.75) is 9.79 Å². The van der Waals surface area contributed by atoms with Gasteiger partial charge in [-0.1, -0.05) is 0 Å². The molecule has 0 aliphatic carbocycles. The quantitative estimate of drug-likeness (QED) is 0.402. The van der Waals surface area contributed by atoms with Gasteiger partial charge in [0.15, 0.2) is 11.5 Å². The third-order valence-electron chi connectivity index (χ3n) is 2.41. The minimum absolute atomic E-state index is 0.00388. The monoisotopic (exact) mass is 302 g/mol. The molecule has 1 aromatic heterocycles. The average Bonchev–Trinajstić information content (AvgIpc) is 2.90. The van der Waals surface area contributed by atoms with Gasteiger partial charge in [0.2, 0.25) is 0 Å². The molecule has 0 amide bonds. The molecule has 0 fully saturated rings. The van der Waals surface area contributed by atoms with Gasteiger partial charge in [-0.25, -0.2) is 4.98 Å². The summed E-state index contributed by atoms with van der Waals surface area (Å²) in [6.45, 7) is -0.0659. The van der Waals surface area contributed by atoms with Crippen LogP contribution in [0.25, 0.3) is 11.0 Å². The van der Waals surface area contributed by atoms with Crippen LogP contribution < -0.4 is 0 Å². The predicted octanol–water partition coefficient (Wildman–Crippen LogP) is 1.14. The van der Waals surface area contributed by atoms with Gasteiger partial charge in [0, 0.05) is 11.5 Å². The van der Waals surface area contributed by atoms with Gasteiger partial charge in [-0.05, 0) is 0 Å². The number of aliphatic hydroxyl groups is 2.